The maximum Gasteiger partial charge on any atom is 0.335 e. The molecular formula is C11H15N5O4. The molecular weight excluding hydrogens is 266 g/mol. The number of anilines is 1. The largest absolute Gasteiger partial charge is 0.479 e. The maximum atomic E-state index is 10.6. The van der Waals surface area contributed by atoms with E-state index in [9.17, 15) is 15.0 Å². The van der Waals surface area contributed by atoms with Crippen LogP contribution in [0.25, 0.3) is 11.2 Å². The van der Waals surface area contributed by atoms with Crippen molar-refractivity contribution in [1.29, 1.82) is 0 Å². The lowest BCUT2D eigenvalue weighted by Crippen LogP contribution is -2.36. The van der Waals surface area contributed by atoms with Crippen molar-refractivity contribution in [3.63, 3.8) is 0 Å². The van der Waals surface area contributed by atoms with Gasteiger partial charge in [0.15, 0.2) is 17.6 Å². The molecule has 0 aliphatic rings. The highest BCUT2D eigenvalue weighted by Crippen LogP contribution is 2.17. The van der Waals surface area contributed by atoms with Gasteiger partial charge in [-0.15, -0.1) is 0 Å². The highest BCUT2D eigenvalue weighted by atomic mass is 16.4. The van der Waals surface area contributed by atoms with Crippen LogP contribution in [-0.2, 0) is 11.3 Å². The summed E-state index contributed by atoms with van der Waals surface area (Å²) in [6.07, 6.45) is -0.554. The minimum absolute atomic E-state index is 0.132. The van der Waals surface area contributed by atoms with Crippen LogP contribution < -0.4 is 5.32 Å². The molecule has 0 amide bonds. The summed E-state index contributed by atoms with van der Waals surface area (Å²) < 4.78 is 1.47. The smallest absolute Gasteiger partial charge is 0.335 e. The van der Waals surface area contributed by atoms with Crippen molar-refractivity contribution in [2.75, 3.05) is 11.9 Å². The molecule has 4 N–H and O–H groups in total. The van der Waals surface area contributed by atoms with E-state index in [-0.39, 0.29) is 6.54 Å². The zero-order chi connectivity index (χ0) is 14.7. The zero-order valence-electron chi connectivity index (χ0n) is 10.8. The number of carboxylic acids is 1. The Bertz CT molecular complexity index is 614. The minimum atomic E-state index is -1.86. The SMILES string of the molecule is CCNc1ncnc2c1ncn2CC(O)C(O)C(=O)O. The maximum absolute atomic E-state index is 10.6. The molecule has 0 aliphatic carbocycles. The molecule has 2 aromatic heterocycles. The van der Waals surface area contributed by atoms with E-state index in [0.29, 0.717) is 23.5 Å². The quantitative estimate of drug-likeness (QED) is 0.533. The predicted molar refractivity (Wildman–Crippen MR) is 69.1 cm³/mol. The number of hydrogen-bond donors (Lipinski definition) is 4. The third-order valence-corrected chi connectivity index (χ3v) is 2.75. The van der Waals surface area contributed by atoms with Gasteiger partial charge in [-0.3, -0.25) is 0 Å². The normalized spacial score (nSPS) is 14.2. The van der Waals surface area contributed by atoms with E-state index >= 15 is 0 Å². The molecule has 0 fully saturated rings. The first kappa shape index (κ1) is 14.2. The molecule has 20 heavy (non-hydrogen) atoms. The zero-order valence-corrected chi connectivity index (χ0v) is 10.8. The first-order chi connectivity index (χ1) is 9.54. The molecule has 0 saturated heterocycles. The number of hydrogen-bond acceptors (Lipinski definition) is 7. The molecule has 2 heterocycles. The molecule has 2 rings (SSSR count). The van der Waals surface area contributed by atoms with Crippen LogP contribution in [0.15, 0.2) is 12.7 Å². The topological polar surface area (TPSA) is 133 Å². The average molecular weight is 281 g/mol. The highest BCUT2D eigenvalue weighted by molar-refractivity contribution is 5.82. The molecule has 9 heteroatoms. The van der Waals surface area contributed by atoms with Crippen molar-refractivity contribution in [3.8, 4) is 0 Å². The van der Waals surface area contributed by atoms with Gasteiger partial charge < -0.3 is 25.2 Å². The summed E-state index contributed by atoms with van der Waals surface area (Å²) in [6, 6.07) is 0. The summed E-state index contributed by atoms with van der Waals surface area (Å²) >= 11 is 0. The number of imidazole rings is 1. The van der Waals surface area contributed by atoms with Crippen LogP contribution in [-0.4, -0.2) is 59.6 Å². The molecule has 108 valence electrons. The Morgan fingerprint density at radius 2 is 2.15 bits per heavy atom. The van der Waals surface area contributed by atoms with Crippen molar-refractivity contribution in [2.24, 2.45) is 0 Å². The molecule has 2 unspecified atom stereocenters. The minimum Gasteiger partial charge on any atom is -0.479 e. The second-order valence-corrected chi connectivity index (χ2v) is 4.17. The summed E-state index contributed by atoms with van der Waals surface area (Å²) in [5, 5.41) is 30.6. The molecule has 2 atom stereocenters. The number of aliphatic hydroxyl groups is 2. The molecule has 9 nitrogen and oxygen atoms in total. The van der Waals surface area contributed by atoms with Crippen LogP contribution in [0.4, 0.5) is 5.82 Å². The second-order valence-electron chi connectivity index (χ2n) is 4.17. The predicted octanol–water partition coefficient (Wildman–Crippen LogP) is -0.936. The Labute approximate surface area is 113 Å². The lowest BCUT2D eigenvalue weighted by Gasteiger charge is -2.14. The Morgan fingerprint density at radius 1 is 1.40 bits per heavy atom. The van der Waals surface area contributed by atoms with Gasteiger partial charge in [0, 0.05) is 6.54 Å². The Balaban J connectivity index is 2.28. The fraction of sp³-hybridized carbons (Fsp3) is 0.455. The van der Waals surface area contributed by atoms with Crippen LogP contribution in [0.2, 0.25) is 0 Å². The molecule has 0 bridgehead atoms. The van der Waals surface area contributed by atoms with Crippen LogP contribution in [0.1, 0.15) is 6.92 Å². The van der Waals surface area contributed by atoms with Crippen LogP contribution >= 0.6 is 0 Å². The van der Waals surface area contributed by atoms with E-state index in [4.69, 9.17) is 5.11 Å². The highest BCUT2D eigenvalue weighted by Gasteiger charge is 2.24. The fourth-order valence-corrected chi connectivity index (χ4v) is 1.78. The van der Waals surface area contributed by atoms with E-state index in [1.165, 1.54) is 17.2 Å². The van der Waals surface area contributed by atoms with Gasteiger partial charge in [-0.2, -0.15) is 0 Å². The summed E-state index contributed by atoms with van der Waals surface area (Å²) in [6.45, 7) is 2.45. The fourth-order valence-electron chi connectivity index (χ4n) is 1.78. The average Bonchev–Trinajstić information content (AvgIpc) is 2.82. The third kappa shape index (κ3) is 2.68. The van der Waals surface area contributed by atoms with Gasteiger partial charge in [0.25, 0.3) is 0 Å². The van der Waals surface area contributed by atoms with Crippen LogP contribution in [0.3, 0.4) is 0 Å². The standard InChI is InChI=1S/C11H15N5O4/c1-2-12-9-7-10(14-4-13-9)16(5-15-7)3-6(17)8(18)11(19)20/h4-6,8,17-18H,2-3H2,1H3,(H,19,20)(H,12,13,14). The molecule has 0 aliphatic heterocycles. The second kappa shape index (κ2) is 5.80. The number of fused-ring (bicyclic) bond motifs is 1. The number of nitrogens with one attached hydrogen (secondary N) is 1. The van der Waals surface area contributed by atoms with Crippen molar-refractivity contribution < 1.29 is 20.1 Å². The van der Waals surface area contributed by atoms with Gasteiger partial charge in [-0.05, 0) is 6.92 Å². The molecule has 0 saturated carbocycles. The number of aromatic nitrogens is 4. The lowest BCUT2D eigenvalue weighted by atomic mass is 10.2. The molecule has 2 aromatic rings. The van der Waals surface area contributed by atoms with Crippen LogP contribution in [0.5, 0.6) is 0 Å². The summed E-state index contributed by atoms with van der Waals surface area (Å²) in [7, 11) is 0. The number of rotatable bonds is 6. The molecule has 0 radical (unpaired) electrons. The van der Waals surface area contributed by atoms with E-state index in [1.54, 1.807) is 0 Å². The third-order valence-electron chi connectivity index (χ3n) is 2.75. The monoisotopic (exact) mass is 281 g/mol. The van der Waals surface area contributed by atoms with Gasteiger partial charge in [0.2, 0.25) is 0 Å². The van der Waals surface area contributed by atoms with Gasteiger partial charge in [0.1, 0.15) is 17.9 Å². The van der Waals surface area contributed by atoms with Gasteiger partial charge in [-0.25, -0.2) is 19.7 Å². The Kier molecular flexibility index (Phi) is 4.11. The van der Waals surface area contributed by atoms with Gasteiger partial charge >= 0.3 is 5.97 Å². The van der Waals surface area contributed by atoms with E-state index in [0.717, 1.165) is 0 Å². The van der Waals surface area contributed by atoms with E-state index in [1.807, 2.05) is 6.92 Å². The van der Waals surface area contributed by atoms with Crippen molar-refractivity contribution in [1.82, 2.24) is 19.5 Å². The lowest BCUT2D eigenvalue weighted by molar-refractivity contribution is -0.153. The van der Waals surface area contributed by atoms with Gasteiger partial charge in [0.05, 0.1) is 12.9 Å². The number of carbonyl (C=O) groups is 1. The van der Waals surface area contributed by atoms with Crippen molar-refractivity contribution in [2.45, 2.75) is 25.7 Å². The summed E-state index contributed by atoms with van der Waals surface area (Å²) in [5.41, 5.74) is 0.971. The summed E-state index contributed by atoms with van der Waals surface area (Å²) in [5.74, 6) is -0.922. The Hall–Kier alpha value is -2.26. The number of nitrogens with zero attached hydrogens (tertiary/aromatic N) is 4. The Morgan fingerprint density at radius 3 is 2.80 bits per heavy atom. The summed E-state index contributed by atoms with van der Waals surface area (Å²) in [4.78, 5) is 22.8. The first-order valence-electron chi connectivity index (χ1n) is 6.03. The first-order valence-corrected chi connectivity index (χ1v) is 6.03. The van der Waals surface area contributed by atoms with Crippen molar-refractivity contribution in [3.05, 3.63) is 12.7 Å². The van der Waals surface area contributed by atoms with Crippen molar-refractivity contribution >= 4 is 23.0 Å². The molecule has 0 spiro atoms. The van der Waals surface area contributed by atoms with E-state index in [2.05, 4.69) is 20.3 Å². The van der Waals surface area contributed by atoms with Gasteiger partial charge in [-0.1, -0.05) is 0 Å². The van der Waals surface area contributed by atoms with E-state index < -0.39 is 18.2 Å². The van der Waals surface area contributed by atoms with Crippen LogP contribution in [0, 0.1) is 0 Å². The molecule has 0 aromatic carbocycles. The number of aliphatic hydroxyl groups excluding tert-OH is 2. The number of aliphatic carboxylic acids is 1. The number of carboxylic acid groups (broad SMARTS) is 1.